The molecule has 0 radical (unpaired) electrons. The Kier molecular flexibility index (Phi) is 1.99. The monoisotopic (exact) mass is 302 g/mol. The summed E-state index contributed by atoms with van der Waals surface area (Å²) in [5.41, 5.74) is 0. The maximum absolute atomic E-state index is 12.5. The van der Waals surface area contributed by atoms with E-state index in [0.717, 1.165) is 0 Å². The molecule has 0 saturated heterocycles. The zero-order valence-electron chi connectivity index (χ0n) is 13.0. The van der Waals surface area contributed by atoms with E-state index in [4.69, 9.17) is 9.47 Å². The smallest absolute Gasteiger partial charge is 0.309 e. The SMILES string of the molecule is COC(=O)C1[C@@H]2C3C4[C@H]1[C@H]1C[C@H]1[C@H]4C(C(=O)OC)[C@H]3[C@@H]1C[C@H]21. The van der Waals surface area contributed by atoms with Crippen molar-refractivity contribution in [1.29, 1.82) is 0 Å². The van der Waals surface area contributed by atoms with Gasteiger partial charge < -0.3 is 9.47 Å². The molecule has 22 heavy (non-hydrogen) atoms. The van der Waals surface area contributed by atoms with Crippen LogP contribution in [0.2, 0.25) is 0 Å². The zero-order valence-corrected chi connectivity index (χ0v) is 13.0. The molecule has 0 bridgehead atoms. The lowest BCUT2D eigenvalue weighted by atomic mass is 9.79. The first-order chi connectivity index (χ1) is 10.7. The second-order valence-corrected chi connectivity index (χ2v) is 8.69. The third kappa shape index (κ3) is 1.09. The van der Waals surface area contributed by atoms with Gasteiger partial charge in [-0.05, 0) is 72.0 Å². The van der Waals surface area contributed by atoms with Crippen molar-refractivity contribution in [1.82, 2.24) is 0 Å². The van der Waals surface area contributed by atoms with Gasteiger partial charge in [-0.1, -0.05) is 0 Å². The molecule has 4 heteroatoms. The van der Waals surface area contributed by atoms with E-state index in [1.807, 2.05) is 0 Å². The predicted octanol–water partition coefficient (Wildman–Crippen LogP) is 1.59. The molecule has 118 valence electrons. The third-order valence-corrected chi connectivity index (χ3v) is 8.59. The largest absolute Gasteiger partial charge is 0.469 e. The van der Waals surface area contributed by atoms with Gasteiger partial charge in [0.1, 0.15) is 0 Å². The van der Waals surface area contributed by atoms with Crippen LogP contribution in [0, 0.1) is 71.0 Å². The van der Waals surface area contributed by atoms with Crippen molar-refractivity contribution in [2.24, 2.45) is 71.0 Å². The van der Waals surface area contributed by atoms with Crippen LogP contribution >= 0.6 is 0 Å². The van der Waals surface area contributed by atoms with Gasteiger partial charge in [0.2, 0.25) is 0 Å². The van der Waals surface area contributed by atoms with Crippen LogP contribution in [-0.2, 0) is 19.1 Å². The van der Waals surface area contributed by atoms with Gasteiger partial charge in [0.25, 0.3) is 0 Å². The van der Waals surface area contributed by atoms with Crippen molar-refractivity contribution in [3.8, 4) is 0 Å². The second-order valence-electron chi connectivity index (χ2n) is 8.69. The van der Waals surface area contributed by atoms with Crippen LogP contribution in [-0.4, -0.2) is 26.2 Å². The molecule has 0 aliphatic heterocycles. The number of rotatable bonds is 2. The summed E-state index contributed by atoms with van der Waals surface area (Å²) in [5, 5.41) is 0. The number of carbonyl (C=O) groups excluding carboxylic acids is 2. The van der Waals surface area contributed by atoms with Crippen molar-refractivity contribution in [2.75, 3.05) is 14.2 Å². The van der Waals surface area contributed by atoms with Gasteiger partial charge in [0, 0.05) is 0 Å². The van der Waals surface area contributed by atoms with Crippen LogP contribution in [0.1, 0.15) is 12.8 Å². The molecule has 6 fully saturated rings. The third-order valence-electron chi connectivity index (χ3n) is 8.59. The minimum Gasteiger partial charge on any atom is -0.469 e. The lowest BCUT2D eigenvalue weighted by Gasteiger charge is -2.26. The van der Waals surface area contributed by atoms with Crippen LogP contribution in [0.25, 0.3) is 0 Å². The van der Waals surface area contributed by atoms with Crippen molar-refractivity contribution in [2.45, 2.75) is 12.8 Å². The highest BCUT2D eigenvalue weighted by Crippen LogP contribution is 2.84. The van der Waals surface area contributed by atoms with Crippen LogP contribution in [0.5, 0.6) is 0 Å². The lowest BCUT2D eigenvalue weighted by Crippen LogP contribution is -2.32. The highest BCUT2D eigenvalue weighted by molar-refractivity contribution is 5.77. The van der Waals surface area contributed by atoms with Gasteiger partial charge in [0.05, 0.1) is 26.1 Å². The van der Waals surface area contributed by atoms with Gasteiger partial charge in [-0.3, -0.25) is 9.59 Å². The Morgan fingerprint density at radius 1 is 0.636 bits per heavy atom. The van der Waals surface area contributed by atoms with Gasteiger partial charge in [-0.15, -0.1) is 0 Å². The first-order valence-corrected chi connectivity index (χ1v) is 8.84. The maximum Gasteiger partial charge on any atom is 0.309 e. The van der Waals surface area contributed by atoms with Gasteiger partial charge >= 0.3 is 11.9 Å². The van der Waals surface area contributed by atoms with E-state index in [-0.39, 0.29) is 23.8 Å². The molecule has 0 spiro atoms. The Bertz CT molecular complexity index is 516. The fraction of sp³-hybridized carbons (Fsp3) is 0.889. The van der Waals surface area contributed by atoms with E-state index in [1.165, 1.54) is 12.8 Å². The van der Waals surface area contributed by atoms with Gasteiger partial charge in [-0.25, -0.2) is 0 Å². The van der Waals surface area contributed by atoms with E-state index in [9.17, 15) is 9.59 Å². The van der Waals surface area contributed by atoms with Gasteiger partial charge in [0.15, 0.2) is 0 Å². The Labute approximate surface area is 129 Å². The van der Waals surface area contributed by atoms with E-state index < -0.39 is 0 Å². The topological polar surface area (TPSA) is 52.6 Å². The van der Waals surface area contributed by atoms with Crippen molar-refractivity contribution in [3.63, 3.8) is 0 Å². The molecule has 4 unspecified atom stereocenters. The average molecular weight is 302 g/mol. The summed E-state index contributed by atoms with van der Waals surface area (Å²) in [4.78, 5) is 25.0. The number of carbonyl (C=O) groups is 2. The number of methoxy groups -OCH3 is 2. The van der Waals surface area contributed by atoms with E-state index >= 15 is 0 Å². The molecular weight excluding hydrogens is 280 g/mol. The minimum absolute atomic E-state index is 0.0385. The maximum atomic E-state index is 12.5. The second kappa shape index (κ2) is 3.54. The minimum atomic E-state index is 0.0385. The molecule has 12 atom stereocenters. The predicted molar refractivity (Wildman–Crippen MR) is 75.1 cm³/mol. The number of hydrogen-bond acceptors (Lipinski definition) is 4. The molecular formula is C18H22O4. The Morgan fingerprint density at radius 2 is 0.955 bits per heavy atom. The van der Waals surface area contributed by atoms with Gasteiger partial charge in [-0.2, -0.15) is 0 Å². The zero-order chi connectivity index (χ0) is 14.9. The normalized spacial score (nSPS) is 63.9. The fourth-order valence-electron chi connectivity index (χ4n) is 8.36. The van der Waals surface area contributed by atoms with E-state index in [2.05, 4.69) is 0 Å². The molecule has 0 aromatic heterocycles. The number of hydrogen-bond donors (Lipinski definition) is 0. The molecule has 6 aliphatic carbocycles. The summed E-state index contributed by atoms with van der Waals surface area (Å²) in [5.74, 6) is 6.37. The van der Waals surface area contributed by atoms with Crippen LogP contribution < -0.4 is 0 Å². The molecule has 6 rings (SSSR count). The highest BCUT2D eigenvalue weighted by atomic mass is 16.5. The average Bonchev–Trinajstić information content (AvgIpc) is 3.35. The summed E-state index contributed by atoms with van der Waals surface area (Å²) in [7, 11) is 3.09. The Balaban J connectivity index is 1.49. The molecule has 0 aromatic rings. The van der Waals surface area contributed by atoms with Crippen molar-refractivity contribution >= 4 is 11.9 Å². The molecule has 0 N–H and O–H groups in total. The number of fused-ring (bicyclic) bond motifs is 6. The first-order valence-electron chi connectivity index (χ1n) is 8.84. The first kappa shape index (κ1) is 12.4. The summed E-state index contributed by atoms with van der Waals surface area (Å²) < 4.78 is 10.4. The Morgan fingerprint density at radius 3 is 1.23 bits per heavy atom. The Hall–Kier alpha value is -1.06. The number of ether oxygens (including phenoxy) is 2. The molecule has 4 nitrogen and oxygen atoms in total. The number of esters is 2. The van der Waals surface area contributed by atoms with Crippen LogP contribution in [0.15, 0.2) is 0 Å². The fourth-order valence-corrected chi connectivity index (χ4v) is 8.36. The molecule has 0 amide bonds. The molecule has 0 heterocycles. The molecule has 0 aromatic carbocycles. The van der Waals surface area contributed by atoms with Crippen LogP contribution in [0.4, 0.5) is 0 Å². The highest BCUT2D eigenvalue weighted by Gasteiger charge is 2.83. The lowest BCUT2D eigenvalue weighted by molar-refractivity contribution is -0.149. The molecule has 6 saturated carbocycles. The summed E-state index contributed by atoms with van der Waals surface area (Å²) in [6.07, 6.45) is 2.46. The van der Waals surface area contributed by atoms with Crippen molar-refractivity contribution < 1.29 is 19.1 Å². The van der Waals surface area contributed by atoms with Crippen LogP contribution in [0.3, 0.4) is 0 Å². The summed E-state index contributed by atoms with van der Waals surface area (Å²) >= 11 is 0. The van der Waals surface area contributed by atoms with E-state index in [0.29, 0.717) is 59.2 Å². The summed E-state index contributed by atoms with van der Waals surface area (Å²) in [6, 6.07) is 0. The molecule has 6 aliphatic rings. The van der Waals surface area contributed by atoms with Crippen molar-refractivity contribution in [3.05, 3.63) is 0 Å². The standard InChI is InChI=1S/C18H22O4/c1-21-17(19)15-9-5-3-7(5)11-13(9)14-10(15)6-4-8(6)12(14)16(11)18(20)22-2/h5-16H,3-4H2,1-2H3/t5-,6-,7+,8+,9-,10+,11-,12+,13?,14?,15?,16?. The van der Waals surface area contributed by atoms with E-state index in [1.54, 1.807) is 14.2 Å². The summed E-state index contributed by atoms with van der Waals surface area (Å²) in [6.45, 7) is 0. The quantitative estimate of drug-likeness (QED) is 0.727.